The number of carbonyl (C=O) groups excluding carboxylic acids is 3. The van der Waals surface area contributed by atoms with Crippen molar-refractivity contribution in [1.29, 1.82) is 0 Å². The highest BCUT2D eigenvalue weighted by molar-refractivity contribution is 7.99. The zero-order valence-corrected chi connectivity index (χ0v) is 11.4. The molecule has 6 heteroatoms. The van der Waals surface area contributed by atoms with Gasteiger partial charge in [0, 0.05) is 11.8 Å². The normalized spacial score (nSPS) is 21.4. The highest BCUT2D eigenvalue weighted by Gasteiger charge is 2.48. The van der Waals surface area contributed by atoms with Crippen LogP contribution in [0.5, 0.6) is 0 Å². The molecule has 0 radical (unpaired) electrons. The lowest BCUT2D eigenvalue weighted by Crippen LogP contribution is -2.64. The van der Waals surface area contributed by atoms with Crippen LogP contribution in [0.1, 0.15) is 27.7 Å². The summed E-state index contributed by atoms with van der Waals surface area (Å²) in [6, 6.07) is -0.816. The molecule has 0 aromatic rings. The van der Waals surface area contributed by atoms with Gasteiger partial charge in [-0.1, -0.05) is 6.92 Å². The van der Waals surface area contributed by atoms with Crippen LogP contribution in [0, 0.1) is 5.41 Å². The Balaban J connectivity index is 2.87. The summed E-state index contributed by atoms with van der Waals surface area (Å²) in [4.78, 5) is 36.5. The predicted octanol–water partition coefficient (Wildman–Crippen LogP) is 1.23. The van der Waals surface area contributed by atoms with Crippen LogP contribution < -0.4 is 5.32 Å². The molecule has 1 fully saturated rings. The van der Waals surface area contributed by atoms with E-state index in [9.17, 15) is 14.4 Å². The lowest BCUT2D eigenvalue weighted by Gasteiger charge is -2.37. The molecule has 1 N–H and O–H groups in total. The molecule has 1 aliphatic rings. The fourth-order valence-corrected chi connectivity index (χ4v) is 2.29. The van der Waals surface area contributed by atoms with Gasteiger partial charge in [-0.05, 0) is 26.5 Å². The van der Waals surface area contributed by atoms with E-state index >= 15 is 0 Å². The molecule has 4 amide bonds. The maximum atomic E-state index is 12.1. The first-order valence-corrected chi connectivity index (χ1v) is 6.74. The summed E-state index contributed by atoms with van der Waals surface area (Å²) in [5.41, 5.74) is -1.17. The Hall–Kier alpha value is -1.04. The summed E-state index contributed by atoms with van der Waals surface area (Å²) in [5.74, 6) is 0.658. The first-order chi connectivity index (χ1) is 7.82. The van der Waals surface area contributed by atoms with Crippen LogP contribution in [0.4, 0.5) is 4.79 Å². The summed E-state index contributed by atoms with van der Waals surface area (Å²) in [7, 11) is 0. The van der Waals surface area contributed by atoms with Crippen molar-refractivity contribution >= 4 is 29.6 Å². The molecule has 96 valence electrons. The average Bonchev–Trinajstić information content (AvgIpc) is 2.24. The van der Waals surface area contributed by atoms with Crippen LogP contribution in [-0.2, 0) is 9.59 Å². The maximum Gasteiger partial charge on any atom is 0.331 e. The van der Waals surface area contributed by atoms with Gasteiger partial charge in [0.2, 0.25) is 11.8 Å². The Kier molecular flexibility index (Phi) is 4.19. The van der Waals surface area contributed by atoms with Crippen molar-refractivity contribution in [3.63, 3.8) is 0 Å². The SMILES string of the molecule is CCSCC(C)N1C(=O)NC(=O)C(C)(C)C1=O. The van der Waals surface area contributed by atoms with E-state index in [1.54, 1.807) is 11.8 Å². The van der Waals surface area contributed by atoms with E-state index in [1.165, 1.54) is 13.8 Å². The number of hydrogen-bond donors (Lipinski definition) is 1. The van der Waals surface area contributed by atoms with Gasteiger partial charge in [0.25, 0.3) is 0 Å². The molecule has 0 saturated carbocycles. The topological polar surface area (TPSA) is 66.5 Å². The van der Waals surface area contributed by atoms with Crippen LogP contribution in [0.2, 0.25) is 0 Å². The number of nitrogens with one attached hydrogen (secondary N) is 1. The second-order valence-electron chi connectivity index (χ2n) is 4.57. The van der Waals surface area contributed by atoms with E-state index in [0.717, 1.165) is 10.7 Å². The quantitative estimate of drug-likeness (QED) is 0.770. The van der Waals surface area contributed by atoms with E-state index in [-0.39, 0.29) is 6.04 Å². The summed E-state index contributed by atoms with van der Waals surface area (Å²) in [6.07, 6.45) is 0. The molecular formula is C11H18N2O3S. The highest BCUT2D eigenvalue weighted by Crippen LogP contribution is 2.25. The first-order valence-electron chi connectivity index (χ1n) is 5.59. The number of amides is 4. The number of thioether (sulfide) groups is 1. The van der Waals surface area contributed by atoms with E-state index in [4.69, 9.17) is 0 Å². The molecule has 5 nitrogen and oxygen atoms in total. The van der Waals surface area contributed by atoms with Crippen LogP contribution in [0.15, 0.2) is 0 Å². The van der Waals surface area contributed by atoms with Crippen LogP contribution in [-0.4, -0.2) is 40.3 Å². The van der Waals surface area contributed by atoms with Crippen molar-refractivity contribution in [1.82, 2.24) is 10.2 Å². The van der Waals surface area contributed by atoms with Gasteiger partial charge < -0.3 is 0 Å². The van der Waals surface area contributed by atoms with Gasteiger partial charge >= 0.3 is 6.03 Å². The zero-order valence-electron chi connectivity index (χ0n) is 10.6. The third-order valence-corrected chi connectivity index (χ3v) is 3.89. The van der Waals surface area contributed by atoms with E-state index in [2.05, 4.69) is 5.32 Å². The largest absolute Gasteiger partial charge is 0.331 e. The van der Waals surface area contributed by atoms with Crippen molar-refractivity contribution in [3.8, 4) is 0 Å². The number of hydrogen-bond acceptors (Lipinski definition) is 4. The number of imide groups is 2. The van der Waals surface area contributed by atoms with Crippen molar-refractivity contribution in [3.05, 3.63) is 0 Å². The Morgan fingerprint density at radius 2 is 1.94 bits per heavy atom. The van der Waals surface area contributed by atoms with E-state index in [0.29, 0.717) is 5.75 Å². The fourth-order valence-electron chi connectivity index (χ4n) is 1.57. The summed E-state index contributed by atoms with van der Waals surface area (Å²) >= 11 is 1.66. The molecule has 0 spiro atoms. The molecule has 1 atom stereocenters. The van der Waals surface area contributed by atoms with Gasteiger partial charge in [-0.15, -0.1) is 0 Å². The molecule has 0 aromatic carbocycles. The van der Waals surface area contributed by atoms with Crippen LogP contribution >= 0.6 is 11.8 Å². The first kappa shape index (κ1) is 14.0. The van der Waals surface area contributed by atoms with Gasteiger partial charge in [-0.2, -0.15) is 11.8 Å². The Bertz CT molecular complexity index is 355. The van der Waals surface area contributed by atoms with Gasteiger partial charge in [0.05, 0.1) is 0 Å². The lowest BCUT2D eigenvalue weighted by atomic mass is 9.88. The van der Waals surface area contributed by atoms with Crippen molar-refractivity contribution in [2.45, 2.75) is 33.7 Å². The van der Waals surface area contributed by atoms with Gasteiger partial charge in [-0.3, -0.25) is 19.8 Å². The zero-order chi connectivity index (χ0) is 13.2. The molecule has 1 heterocycles. The molecule has 1 saturated heterocycles. The standard InChI is InChI=1S/C11H18N2O3S/c1-5-17-6-7(2)13-9(15)11(3,4)8(14)12-10(13)16/h7H,5-6H2,1-4H3,(H,12,14,16). The molecule has 1 aliphatic heterocycles. The molecule has 0 aromatic heterocycles. The minimum absolute atomic E-state index is 0.208. The molecule has 0 aliphatic carbocycles. The van der Waals surface area contributed by atoms with Crippen molar-refractivity contribution in [2.24, 2.45) is 5.41 Å². The van der Waals surface area contributed by atoms with E-state index < -0.39 is 23.3 Å². The summed E-state index contributed by atoms with van der Waals surface area (Å²) in [6.45, 7) is 6.89. The monoisotopic (exact) mass is 258 g/mol. The minimum Gasteiger partial charge on any atom is -0.277 e. The summed E-state index contributed by atoms with van der Waals surface area (Å²) in [5, 5.41) is 2.23. The van der Waals surface area contributed by atoms with Gasteiger partial charge in [0.15, 0.2) is 0 Å². The molecular weight excluding hydrogens is 240 g/mol. The van der Waals surface area contributed by atoms with Crippen LogP contribution in [0.3, 0.4) is 0 Å². The molecule has 17 heavy (non-hydrogen) atoms. The Morgan fingerprint density at radius 1 is 1.35 bits per heavy atom. The second-order valence-corrected chi connectivity index (χ2v) is 5.89. The maximum absolute atomic E-state index is 12.1. The summed E-state index contributed by atoms with van der Waals surface area (Å²) < 4.78 is 0. The predicted molar refractivity (Wildman–Crippen MR) is 66.6 cm³/mol. The average molecular weight is 258 g/mol. The lowest BCUT2D eigenvalue weighted by molar-refractivity contribution is -0.150. The molecule has 1 rings (SSSR count). The molecule has 1 unspecified atom stereocenters. The fraction of sp³-hybridized carbons (Fsp3) is 0.727. The number of carbonyl (C=O) groups is 3. The Labute approximate surface area is 105 Å². The van der Waals surface area contributed by atoms with E-state index in [1.807, 2.05) is 13.8 Å². The highest BCUT2D eigenvalue weighted by atomic mass is 32.2. The number of urea groups is 1. The second kappa shape index (κ2) is 5.08. The van der Waals surface area contributed by atoms with Crippen molar-refractivity contribution in [2.75, 3.05) is 11.5 Å². The molecule has 0 bridgehead atoms. The van der Waals surface area contributed by atoms with Gasteiger partial charge in [0.1, 0.15) is 5.41 Å². The number of rotatable bonds is 4. The van der Waals surface area contributed by atoms with Crippen molar-refractivity contribution < 1.29 is 14.4 Å². The number of nitrogens with zero attached hydrogens (tertiary/aromatic N) is 1. The smallest absolute Gasteiger partial charge is 0.277 e. The van der Waals surface area contributed by atoms with Gasteiger partial charge in [-0.25, -0.2) is 4.79 Å². The number of barbiturate groups is 1. The van der Waals surface area contributed by atoms with Crippen LogP contribution in [0.25, 0.3) is 0 Å². The third kappa shape index (κ3) is 2.62. The minimum atomic E-state index is -1.17. The third-order valence-electron chi connectivity index (χ3n) is 2.76. The Morgan fingerprint density at radius 3 is 2.47 bits per heavy atom.